The Morgan fingerprint density at radius 1 is 0.544 bits per heavy atom. The average molecular weight is 805 g/mol. The van der Waals surface area contributed by atoms with E-state index in [1.54, 1.807) is 0 Å². The molecule has 2 unspecified atom stereocenters. The number of carbonyl (C=O) groups excluding carboxylic acids is 2. The van der Waals surface area contributed by atoms with Crippen molar-refractivity contribution in [3.63, 3.8) is 0 Å². The highest BCUT2D eigenvalue weighted by Crippen LogP contribution is 2.22. The van der Waals surface area contributed by atoms with Crippen molar-refractivity contribution in [1.82, 2.24) is 0 Å². The minimum absolute atomic E-state index is 0.195. The van der Waals surface area contributed by atoms with Gasteiger partial charge in [-0.1, -0.05) is 132 Å². The number of esters is 2. The van der Waals surface area contributed by atoms with E-state index in [9.17, 15) is 30.0 Å². The molecule has 1 saturated heterocycles. The number of ether oxygens (including phenoxy) is 4. The van der Waals surface area contributed by atoms with Crippen LogP contribution in [0, 0.1) is 0 Å². The number of aliphatic hydroxyl groups is 4. The standard InChI is InChI=1S/C47H80O10/c1-3-5-7-9-11-13-15-17-19-20-22-24-26-28-30-32-34-36-43(50)56-40(39-55-47-46(53)45(52)44(51)41(37-48)57-47)38-54-42(49)35-33-31-29-27-25-23-21-18-16-14-12-10-8-6-4-2/h11,13,17-19,21-22,24-25,27,40-41,44-48,51-53H,3-10,12,14-16,20,23,26,28-39H2,1-2H3/b13-11+,19-17+,21-18+,24-22+,27-25+/t40-,41-,44+,45?,46?,47-/m1/s1. The summed E-state index contributed by atoms with van der Waals surface area (Å²) < 4.78 is 22.1. The minimum atomic E-state index is -1.61. The van der Waals surface area contributed by atoms with Crippen LogP contribution in [-0.4, -0.2) is 89.0 Å². The molecule has 1 rings (SSSR count). The number of hydrogen-bond acceptors (Lipinski definition) is 10. The van der Waals surface area contributed by atoms with Gasteiger partial charge in [-0.2, -0.15) is 0 Å². The second kappa shape index (κ2) is 37.7. The van der Waals surface area contributed by atoms with Gasteiger partial charge in [0.1, 0.15) is 31.0 Å². The predicted molar refractivity (Wildman–Crippen MR) is 228 cm³/mol. The summed E-state index contributed by atoms with van der Waals surface area (Å²) in [6, 6.07) is 0. The normalized spacial score (nSPS) is 20.8. The monoisotopic (exact) mass is 805 g/mol. The zero-order chi connectivity index (χ0) is 41.6. The van der Waals surface area contributed by atoms with Crippen molar-refractivity contribution < 1.29 is 49.0 Å². The van der Waals surface area contributed by atoms with E-state index in [4.69, 9.17) is 18.9 Å². The topological polar surface area (TPSA) is 152 Å². The third-order valence-electron chi connectivity index (χ3n) is 9.88. The number of unbranched alkanes of at least 4 members (excludes halogenated alkanes) is 15. The number of aliphatic hydroxyl groups excluding tert-OH is 4. The Morgan fingerprint density at radius 3 is 1.54 bits per heavy atom. The van der Waals surface area contributed by atoms with Gasteiger partial charge >= 0.3 is 11.9 Å². The van der Waals surface area contributed by atoms with Crippen LogP contribution in [0.1, 0.15) is 168 Å². The summed E-state index contributed by atoms with van der Waals surface area (Å²) in [6.45, 7) is 3.32. The van der Waals surface area contributed by atoms with Crippen LogP contribution in [0.3, 0.4) is 0 Å². The molecular formula is C47H80O10. The van der Waals surface area contributed by atoms with Crippen LogP contribution in [0.15, 0.2) is 60.8 Å². The molecule has 4 N–H and O–H groups in total. The molecule has 10 heteroatoms. The second-order valence-corrected chi connectivity index (χ2v) is 15.1. The zero-order valence-corrected chi connectivity index (χ0v) is 35.6. The maximum atomic E-state index is 12.8. The third-order valence-corrected chi connectivity index (χ3v) is 9.88. The summed E-state index contributed by atoms with van der Waals surface area (Å²) in [6.07, 6.45) is 38.0. The van der Waals surface area contributed by atoms with Crippen molar-refractivity contribution >= 4 is 11.9 Å². The van der Waals surface area contributed by atoms with Crippen molar-refractivity contribution in [2.24, 2.45) is 0 Å². The van der Waals surface area contributed by atoms with Gasteiger partial charge in [0.25, 0.3) is 0 Å². The van der Waals surface area contributed by atoms with E-state index in [1.165, 1.54) is 64.2 Å². The SMILES string of the molecule is CCCCC/C=C/C/C=C/C/C=C/CCCCCCC(=O)O[C@H](COC(=O)CCCC/C=C/C/C=C/CCCCCCCC)CO[C@@H]1O[C@H](CO)[C@H](O)C(O)C1O. The van der Waals surface area contributed by atoms with Gasteiger partial charge in [-0.25, -0.2) is 0 Å². The van der Waals surface area contributed by atoms with E-state index in [2.05, 4.69) is 74.6 Å². The van der Waals surface area contributed by atoms with Crippen LogP contribution in [0.5, 0.6) is 0 Å². The Kier molecular flexibility index (Phi) is 34.6. The Bertz CT molecular complexity index is 1110. The molecule has 0 aliphatic carbocycles. The largest absolute Gasteiger partial charge is 0.462 e. The Morgan fingerprint density at radius 2 is 0.982 bits per heavy atom. The molecule has 0 spiro atoms. The first-order valence-corrected chi connectivity index (χ1v) is 22.4. The molecular weight excluding hydrogens is 725 g/mol. The van der Waals surface area contributed by atoms with Crippen molar-refractivity contribution in [3.8, 4) is 0 Å². The molecule has 1 aliphatic heterocycles. The van der Waals surface area contributed by atoms with Gasteiger partial charge in [0.05, 0.1) is 13.2 Å². The second-order valence-electron chi connectivity index (χ2n) is 15.1. The summed E-state index contributed by atoms with van der Waals surface area (Å²) >= 11 is 0. The number of carbonyl (C=O) groups is 2. The molecule has 1 fully saturated rings. The lowest BCUT2D eigenvalue weighted by Crippen LogP contribution is -2.59. The lowest BCUT2D eigenvalue weighted by molar-refractivity contribution is -0.305. The molecule has 0 amide bonds. The molecule has 0 aromatic rings. The fraction of sp³-hybridized carbons (Fsp3) is 0.745. The van der Waals surface area contributed by atoms with Crippen molar-refractivity contribution in [1.29, 1.82) is 0 Å². The maximum absolute atomic E-state index is 12.8. The van der Waals surface area contributed by atoms with Crippen LogP contribution < -0.4 is 0 Å². The lowest BCUT2D eigenvalue weighted by Gasteiger charge is -2.39. The predicted octanol–water partition coefficient (Wildman–Crippen LogP) is 9.44. The molecule has 0 saturated carbocycles. The summed E-state index contributed by atoms with van der Waals surface area (Å²) in [7, 11) is 0. The lowest BCUT2D eigenvalue weighted by atomic mass is 9.99. The average Bonchev–Trinajstić information content (AvgIpc) is 3.21. The Balaban J connectivity index is 2.39. The zero-order valence-electron chi connectivity index (χ0n) is 35.6. The number of rotatable bonds is 36. The third kappa shape index (κ3) is 29.3. The Hall–Kier alpha value is -2.60. The summed E-state index contributed by atoms with van der Waals surface area (Å²) in [5.41, 5.74) is 0. The molecule has 1 aliphatic rings. The minimum Gasteiger partial charge on any atom is -0.462 e. The molecule has 1 heterocycles. The van der Waals surface area contributed by atoms with E-state index in [-0.39, 0.29) is 26.1 Å². The molecule has 10 nitrogen and oxygen atoms in total. The van der Waals surface area contributed by atoms with Gasteiger partial charge in [-0.3, -0.25) is 9.59 Å². The molecule has 0 bridgehead atoms. The van der Waals surface area contributed by atoms with Gasteiger partial charge in [0, 0.05) is 12.8 Å². The first-order valence-electron chi connectivity index (χ1n) is 22.4. The van der Waals surface area contributed by atoms with Gasteiger partial charge in [0.2, 0.25) is 0 Å². The van der Waals surface area contributed by atoms with Crippen LogP contribution in [0.25, 0.3) is 0 Å². The fourth-order valence-corrected chi connectivity index (χ4v) is 6.28. The molecule has 6 atom stereocenters. The van der Waals surface area contributed by atoms with Crippen molar-refractivity contribution in [2.45, 2.75) is 205 Å². The van der Waals surface area contributed by atoms with Crippen LogP contribution in [0.4, 0.5) is 0 Å². The van der Waals surface area contributed by atoms with Crippen LogP contribution in [0.2, 0.25) is 0 Å². The number of allylic oxidation sites excluding steroid dienone is 10. The highest BCUT2D eigenvalue weighted by molar-refractivity contribution is 5.70. The van der Waals surface area contributed by atoms with Crippen LogP contribution in [-0.2, 0) is 28.5 Å². The molecule has 0 radical (unpaired) electrons. The van der Waals surface area contributed by atoms with Crippen LogP contribution >= 0.6 is 0 Å². The molecule has 0 aromatic carbocycles. The summed E-state index contributed by atoms with van der Waals surface area (Å²) in [5, 5.41) is 40.1. The highest BCUT2D eigenvalue weighted by Gasteiger charge is 2.44. The van der Waals surface area contributed by atoms with Gasteiger partial charge in [0.15, 0.2) is 12.4 Å². The fourth-order valence-electron chi connectivity index (χ4n) is 6.28. The molecule has 328 valence electrons. The Labute approximate surface area is 345 Å². The summed E-state index contributed by atoms with van der Waals surface area (Å²) in [4.78, 5) is 25.3. The number of hydrogen-bond donors (Lipinski definition) is 4. The van der Waals surface area contributed by atoms with E-state index >= 15 is 0 Å². The molecule has 57 heavy (non-hydrogen) atoms. The maximum Gasteiger partial charge on any atom is 0.306 e. The smallest absolute Gasteiger partial charge is 0.306 e. The first kappa shape index (κ1) is 52.4. The van der Waals surface area contributed by atoms with Crippen molar-refractivity contribution in [2.75, 3.05) is 19.8 Å². The van der Waals surface area contributed by atoms with E-state index < -0.39 is 55.4 Å². The van der Waals surface area contributed by atoms with Gasteiger partial charge in [-0.15, -0.1) is 0 Å². The van der Waals surface area contributed by atoms with Gasteiger partial charge in [-0.05, 0) is 83.5 Å². The summed E-state index contributed by atoms with van der Waals surface area (Å²) in [5.74, 6) is -0.874. The van der Waals surface area contributed by atoms with E-state index in [0.717, 1.165) is 64.2 Å². The van der Waals surface area contributed by atoms with E-state index in [0.29, 0.717) is 12.8 Å². The molecule has 0 aromatic heterocycles. The van der Waals surface area contributed by atoms with E-state index in [1.807, 2.05) is 0 Å². The quantitative estimate of drug-likeness (QED) is 0.0274. The van der Waals surface area contributed by atoms with Gasteiger partial charge < -0.3 is 39.4 Å². The highest BCUT2D eigenvalue weighted by atomic mass is 16.7. The first-order chi connectivity index (χ1) is 27.8. The van der Waals surface area contributed by atoms with Crippen molar-refractivity contribution in [3.05, 3.63) is 60.8 Å².